The Balaban J connectivity index is 0.00000169. The zero-order valence-electron chi connectivity index (χ0n) is 15.9. The highest BCUT2D eigenvalue weighted by molar-refractivity contribution is 5.85. The van der Waals surface area contributed by atoms with Crippen molar-refractivity contribution in [3.05, 3.63) is 71.8 Å². The molecule has 1 heterocycles. The third-order valence-corrected chi connectivity index (χ3v) is 5.34. The first kappa shape index (κ1) is 23.0. The molecule has 1 fully saturated rings. The van der Waals surface area contributed by atoms with E-state index >= 15 is 0 Å². The fourth-order valence-corrected chi connectivity index (χ4v) is 3.79. The van der Waals surface area contributed by atoms with E-state index in [1.807, 2.05) is 0 Å². The third kappa shape index (κ3) is 6.59. The van der Waals surface area contributed by atoms with Gasteiger partial charge in [-0.3, -0.25) is 9.80 Å². The summed E-state index contributed by atoms with van der Waals surface area (Å²) < 4.78 is 0. The van der Waals surface area contributed by atoms with Crippen molar-refractivity contribution in [2.24, 2.45) is 0 Å². The first-order chi connectivity index (χ1) is 11.7. The molecule has 2 aromatic rings. The van der Waals surface area contributed by atoms with E-state index in [1.165, 1.54) is 37.3 Å². The SMILES string of the molecule is CC(Cc1ccccc1)N1CCN(C(C)Cc2ccccc2)CC1.Cl.Cl. The van der Waals surface area contributed by atoms with E-state index in [1.54, 1.807) is 0 Å². The zero-order valence-corrected chi connectivity index (χ0v) is 17.5. The molecule has 3 rings (SSSR count). The number of halogens is 2. The van der Waals surface area contributed by atoms with E-state index in [-0.39, 0.29) is 24.8 Å². The quantitative estimate of drug-likeness (QED) is 0.699. The maximum absolute atomic E-state index is 2.65. The molecule has 0 saturated carbocycles. The number of nitrogens with zero attached hydrogens (tertiary/aromatic N) is 2. The van der Waals surface area contributed by atoms with Crippen LogP contribution in [0, 0.1) is 0 Å². The van der Waals surface area contributed by atoms with Crippen LogP contribution in [0.4, 0.5) is 0 Å². The van der Waals surface area contributed by atoms with Gasteiger partial charge in [0.25, 0.3) is 0 Å². The Bertz CT molecular complexity index is 543. The molecular weight excluding hydrogens is 363 g/mol. The fourth-order valence-electron chi connectivity index (χ4n) is 3.79. The fraction of sp³-hybridized carbons (Fsp3) is 0.455. The maximum Gasteiger partial charge on any atom is 0.0113 e. The molecule has 1 aliphatic heterocycles. The summed E-state index contributed by atoms with van der Waals surface area (Å²) in [7, 11) is 0. The van der Waals surface area contributed by atoms with E-state index in [2.05, 4.69) is 84.3 Å². The second-order valence-corrected chi connectivity index (χ2v) is 7.15. The molecule has 144 valence electrons. The third-order valence-electron chi connectivity index (χ3n) is 5.34. The second kappa shape index (κ2) is 11.6. The molecule has 0 amide bonds. The van der Waals surface area contributed by atoms with Gasteiger partial charge < -0.3 is 0 Å². The molecule has 1 aliphatic rings. The van der Waals surface area contributed by atoms with Crippen LogP contribution in [0.5, 0.6) is 0 Å². The normalized spacial score (nSPS) is 17.6. The summed E-state index contributed by atoms with van der Waals surface area (Å²) in [5.41, 5.74) is 2.90. The van der Waals surface area contributed by atoms with E-state index in [0.717, 1.165) is 12.8 Å². The molecule has 26 heavy (non-hydrogen) atoms. The maximum atomic E-state index is 2.65. The van der Waals surface area contributed by atoms with Crippen LogP contribution in [0.15, 0.2) is 60.7 Å². The van der Waals surface area contributed by atoms with Crippen molar-refractivity contribution in [1.82, 2.24) is 9.80 Å². The molecular formula is C22H32Cl2N2. The Kier molecular flexibility index (Phi) is 10.3. The van der Waals surface area contributed by atoms with Gasteiger partial charge in [0, 0.05) is 38.3 Å². The molecule has 0 bridgehead atoms. The van der Waals surface area contributed by atoms with Gasteiger partial charge in [-0.1, -0.05) is 60.7 Å². The van der Waals surface area contributed by atoms with Crippen LogP contribution in [0.1, 0.15) is 25.0 Å². The molecule has 0 N–H and O–H groups in total. The van der Waals surface area contributed by atoms with E-state index in [4.69, 9.17) is 0 Å². The van der Waals surface area contributed by atoms with Crippen LogP contribution < -0.4 is 0 Å². The van der Waals surface area contributed by atoms with Crippen LogP contribution >= 0.6 is 24.8 Å². The molecule has 0 aromatic heterocycles. The molecule has 1 saturated heterocycles. The van der Waals surface area contributed by atoms with Crippen LogP contribution in [0.25, 0.3) is 0 Å². The average molecular weight is 395 g/mol. The Hall–Kier alpha value is -1.06. The molecule has 2 atom stereocenters. The molecule has 4 heteroatoms. The van der Waals surface area contributed by atoms with Gasteiger partial charge in [0.2, 0.25) is 0 Å². The van der Waals surface area contributed by atoms with Gasteiger partial charge in [-0.25, -0.2) is 0 Å². The highest BCUT2D eigenvalue weighted by atomic mass is 35.5. The van der Waals surface area contributed by atoms with E-state index in [0.29, 0.717) is 12.1 Å². The predicted octanol–water partition coefficient (Wildman–Crippen LogP) is 4.71. The van der Waals surface area contributed by atoms with Crippen LogP contribution in [0.2, 0.25) is 0 Å². The first-order valence-electron chi connectivity index (χ1n) is 9.28. The molecule has 2 nitrogen and oxygen atoms in total. The van der Waals surface area contributed by atoms with Crippen molar-refractivity contribution in [2.45, 2.75) is 38.8 Å². The summed E-state index contributed by atoms with van der Waals surface area (Å²) >= 11 is 0. The van der Waals surface area contributed by atoms with Gasteiger partial charge in [0.05, 0.1) is 0 Å². The van der Waals surface area contributed by atoms with Crippen molar-refractivity contribution in [1.29, 1.82) is 0 Å². The number of hydrogen-bond acceptors (Lipinski definition) is 2. The Morgan fingerprint density at radius 3 is 1.23 bits per heavy atom. The molecule has 0 spiro atoms. The van der Waals surface area contributed by atoms with Crippen molar-refractivity contribution in [3.8, 4) is 0 Å². The van der Waals surface area contributed by atoms with E-state index in [9.17, 15) is 0 Å². The van der Waals surface area contributed by atoms with Crippen LogP contribution in [-0.4, -0.2) is 48.1 Å². The smallest absolute Gasteiger partial charge is 0.0113 e. The average Bonchev–Trinajstić information content (AvgIpc) is 2.63. The van der Waals surface area contributed by atoms with Gasteiger partial charge in [-0.15, -0.1) is 24.8 Å². The van der Waals surface area contributed by atoms with Crippen LogP contribution in [-0.2, 0) is 12.8 Å². The summed E-state index contributed by atoms with van der Waals surface area (Å²) in [6.07, 6.45) is 2.31. The zero-order chi connectivity index (χ0) is 16.8. The molecule has 0 radical (unpaired) electrons. The summed E-state index contributed by atoms with van der Waals surface area (Å²) in [5, 5.41) is 0. The summed E-state index contributed by atoms with van der Waals surface area (Å²) in [4.78, 5) is 5.30. The van der Waals surface area contributed by atoms with E-state index < -0.39 is 0 Å². The lowest BCUT2D eigenvalue weighted by Crippen LogP contribution is -2.52. The number of hydrogen-bond donors (Lipinski definition) is 0. The highest BCUT2D eigenvalue weighted by Gasteiger charge is 2.24. The minimum Gasteiger partial charge on any atom is -0.298 e. The van der Waals surface area contributed by atoms with Crippen molar-refractivity contribution < 1.29 is 0 Å². The standard InChI is InChI=1S/C22H30N2.2ClH/c1-19(17-21-9-5-3-6-10-21)23-13-15-24(16-14-23)20(2)18-22-11-7-4-8-12-22;;/h3-12,19-20H,13-18H2,1-2H3;2*1H. The summed E-state index contributed by atoms with van der Waals surface area (Å²) in [5.74, 6) is 0. The van der Waals surface area contributed by atoms with Crippen molar-refractivity contribution in [3.63, 3.8) is 0 Å². The lowest BCUT2D eigenvalue weighted by atomic mass is 10.0. The second-order valence-electron chi connectivity index (χ2n) is 7.15. The summed E-state index contributed by atoms with van der Waals surface area (Å²) in [6, 6.07) is 23.0. The Morgan fingerprint density at radius 1 is 0.615 bits per heavy atom. The number of benzene rings is 2. The van der Waals surface area contributed by atoms with Gasteiger partial charge >= 0.3 is 0 Å². The highest BCUT2D eigenvalue weighted by Crippen LogP contribution is 2.15. The van der Waals surface area contributed by atoms with Gasteiger partial charge in [0.15, 0.2) is 0 Å². The Labute approximate surface area is 171 Å². The molecule has 2 unspecified atom stereocenters. The predicted molar refractivity (Wildman–Crippen MR) is 117 cm³/mol. The lowest BCUT2D eigenvalue weighted by molar-refractivity contribution is 0.0785. The topological polar surface area (TPSA) is 6.48 Å². The number of piperazine rings is 1. The largest absolute Gasteiger partial charge is 0.298 e. The summed E-state index contributed by atoms with van der Waals surface area (Å²) in [6.45, 7) is 9.49. The van der Waals surface area contributed by atoms with Crippen molar-refractivity contribution in [2.75, 3.05) is 26.2 Å². The van der Waals surface area contributed by atoms with Crippen LogP contribution in [0.3, 0.4) is 0 Å². The van der Waals surface area contributed by atoms with Crippen molar-refractivity contribution >= 4 is 24.8 Å². The monoisotopic (exact) mass is 394 g/mol. The Morgan fingerprint density at radius 2 is 0.923 bits per heavy atom. The lowest BCUT2D eigenvalue weighted by Gasteiger charge is -2.40. The number of rotatable bonds is 6. The molecule has 2 aromatic carbocycles. The van der Waals surface area contributed by atoms with Gasteiger partial charge in [-0.2, -0.15) is 0 Å². The van der Waals surface area contributed by atoms with Gasteiger partial charge in [-0.05, 0) is 37.8 Å². The molecule has 0 aliphatic carbocycles. The minimum absolute atomic E-state index is 0. The minimum atomic E-state index is 0. The first-order valence-corrected chi connectivity index (χ1v) is 9.28. The van der Waals surface area contributed by atoms with Gasteiger partial charge in [0.1, 0.15) is 0 Å².